The van der Waals surface area contributed by atoms with Crippen LogP contribution in [0.5, 0.6) is 0 Å². The first-order chi connectivity index (χ1) is 12.4. The summed E-state index contributed by atoms with van der Waals surface area (Å²) in [6, 6.07) is 0. The summed E-state index contributed by atoms with van der Waals surface area (Å²) in [5, 5.41) is 12.5. The van der Waals surface area contributed by atoms with Crippen molar-refractivity contribution in [2.45, 2.75) is 20.4 Å². The fourth-order valence-corrected chi connectivity index (χ4v) is 4.09. The second-order valence-electron chi connectivity index (χ2n) is 6.60. The van der Waals surface area contributed by atoms with Gasteiger partial charge < -0.3 is 5.32 Å². The molecule has 146 valence electrons. The van der Waals surface area contributed by atoms with Gasteiger partial charge in [-0.25, -0.2) is 22.4 Å². The van der Waals surface area contributed by atoms with Crippen LogP contribution >= 0.6 is 0 Å². The van der Waals surface area contributed by atoms with E-state index in [1.165, 1.54) is 10.6 Å². The maximum absolute atomic E-state index is 11.7. The number of nitrogens with zero attached hydrogens (tertiary/aromatic N) is 7. The van der Waals surface area contributed by atoms with Crippen LogP contribution in [-0.2, 0) is 23.6 Å². The molecule has 1 aliphatic rings. The first-order valence-electron chi connectivity index (χ1n) is 8.28. The Morgan fingerprint density at radius 3 is 2.74 bits per heavy atom. The van der Waals surface area contributed by atoms with E-state index in [4.69, 9.17) is 0 Å². The predicted molar refractivity (Wildman–Crippen MR) is 103 cm³/mol. The molecule has 1 N–H and O–H groups in total. The summed E-state index contributed by atoms with van der Waals surface area (Å²) < 4.78 is 28.4. The second-order valence-corrected chi connectivity index (χ2v) is 8.59. The molecule has 0 saturated carbocycles. The summed E-state index contributed by atoms with van der Waals surface area (Å²) in [7, 11) is -1.30. The SMILES string of the molecule is C.Cn1cc(Nc2ncc3cnn(CC4CCN(S(C)(=O)=O)C4)c3n2)cn1. The van der Waals surface area contributed by atoms with E-state index in [0.29, 0.717) is 25.6 Å². The monoisotopic (exact) mass is 392 g/mol. The predicted octanol–water partition coefficient (Wildman–Crippen LogP) is 1.22. The van der Waals surface area contributed by atoms with Crippen LogP contribution in [0.1, 0.15) is 13.8 Å². The van der Waals surface area contributed by atoms with Crippen molar-refractivity contribution in [2.75, 3.05) is 24.7 Å². The summed E-state index contributed by atoms with van der Waals surface area (Å²) in [6.45, 7) is 1.70. The highest BCUT2D eigenvalue weighted by Crippen LogP contribution is 2.22. The molecule has 0 bridgehead atoms. The largest absolute Gasteiger partial charge is 0.321 e. The minimum atomic E-state index is -3.14. The number of nitrogens with one attached hydrogen (secondary N) is 1. The third-order valence-corrected chi connectivity index (χ3v) is 5.76. The minimum absolute atomic E-state index is 0. The molecule has 1 saturated heterocycles. The number of aryl methyl sites for hydroxylation is 1. The summed E-state index contributed by atoms with van der Waals surface area (Å²) in [6.07, 6.45) is 9.06. The molecular weight excluding hydrogens is 368 g/mol. The highest BCUT2D eigenvalue weighted by molar-refractivity contribution is 7.88. The Balaban J connectivity index is 0.00000210. The van der Waals surface area contributed by atoms with Gasteiger partial charge in [-0.1, -0.05) is 7.43 Å². The van der Waals surface area contributed by atoms with Gasteiger partial charge in [0.1, 0.15) is 0 Å². The Morgan fingerprint density at radius 2 is 2.07 bits per heavy atom. The number of sulfonamides is 1. The fourth-order valence-electron chi connectivity index (χ4n) is 3.17. The molecule has 11 heteroatoms. The molecule has 4 heterocycles. The molecule has 3 aromatic rings. The van der Waals surface area contributed by atoms with E-state index in [9.17, 15) is 8.42 Å². The molecular formula is C16H24N8O2S. The van der Waals surface area contributed by atoms with Gasteiger partial charge in [0.05, 0.1) is 29.7 Å². The summed E-state index contributed by atoms with van der Waals surface area (Å²) in [5.74, 6) is 0.689. The molecule has 0 spiro atoms. The quantitative estimate of drug-likeness (QED) is 0.695. The Labute approximate surface area is 158 Å². The van der Waals surface area contributed by atoms with E-state index in [1.807, 2.05) is 17.9 Å². The third-order valence-electron chi connectivity index (χ3n) is 4.49. The molecule has 0 aliphatic carbocycles. The van der Waals surface area contributed by atoms with E-state index in [2.05, 4.69) is 25.5 Å². The summed E-state index contributed by atoms with van der Waals surface area (Å²) in [5.41, 5.74) is 1.53. The van der Waals surface area contributed by atoms with Crippen molar-refractivity contribution in [1.29, 1.82) is 0 Å². The van der Waals surface area contributed by atoms with E-state index >= 15 is 0 Å². The number of hydrogen-bond donors (Lipinski definition) is 1. The van der Waals surface area contributed by atoms with E-state index in [-0.39, 0.29) is 13.3 Å². The van der Waals surface area contributed by atoms with Crippen LogP contribution in [0.15, 0.2) is 24.8 Å². The number of hydrogen-bond acceptors (Lipinski definition) is 7. The van der Waals surface area contributed by atoms with Gasteiger partial charge in [0, 0.05) is 39.1 Å². The number of anilines is 2. The van der Waals surface area contributed by atoms with Gasteiger partial charge >= 0.3 is 0 Å². The second kappa shape index (κ2) is 7.24. The average Bonchev–Trinajstić information content (AvgIpc) is 3.29. The maximum atomic E-state index is 11.7. The normalized spacial score (nSPS) is 17.9. The van der Waals surface area contributed by atoms with Crippen molar-refractivity contribution in [2.24, 2.45) is 13.0 Å². The van der Waals surface area contributed by atoms with Crippen LogP contribution in [0.2, 0.25) is 0 Å². The van der Waals surface area contributed by atoms with Crippen molar-refractivity contribution >= 4 is 32.7 Å². The van der Waals surface area contributed by atoms with Crippen molar-refractivity contribution in [3.05, 3.63) is 24.8 Å². The standard InChI is InChI=1S/C15H20N8O2S.CH4/c1-21-10-13(7-17-21)19-15-16-5-12-6-18-23(14(12)20-15)9-11-3-4-22(8-11)26(2,24)25;/h5-7,10-11H,3-4,8-9H2,1-2H3,(H,16,19,20);1H4. The first kappa shape index (κ1) is 19.2. The van der Waals surface area contributed by atoms with Gasteiger partial charge in [-0.05, 0) is 12.3 Å². The third kappa shape index (κ3) is 4.08. The first-order valence-corrected chi connectivity index (χ1v) is 10.1. The zero-order valence-electron chi connectivity index (χ0n) is 14.6. The van der Waals surface area contributed by atoms with Crippen LogP contribution in [0, 0.1) is 5.92 Å². The van der Waals surface area contributed by atoms with Gasteiger partial charge in [0.25, 0.3) is 0 Å². The smallest absolute Gasteiger partial charge is 0.229 e. The maximum Gasteiger partial charge on any atom is 0.229 e. The molecule has 0 amide bonds. The van der Waals surface area contributed by atoms with Crippen LogP contribution in [-0.4, -0.2) is 61.6 Å². The molecule has 10 nitrogen and oxygen atoms in total. The van der Waals surface area contributed by atoms with Crippen molar-refractivity contribution in [3.8, 4) is 0 Å². The van der Waals surface area contributed by atoms with E-state index in [1.54, 1.807) is 23.3 Å². The molecule has 0 radical (unpaired) electrons. The van der Waals surface area contributed by atoms with Crippen LogP contribution in [0.3, 0.4) is 0 Å². The Hall–Kier alpha value is -2.53. The van der Waals surface area contributed by atoms with E-state index in [0.717, 1.165) is 23.1 Å². The van der Waals surface area contributed by atoms with E-state index < -0.39 is 10.0 Å². The topological polar surface area (TPSA) is 111 Å². The Bertz CT molecular complexity index is 1040. The van der Waals surface area contributed by atoms with Crippen molar-refractivity contribution < 1.29 is 8.42 Å². The van der Waals surface area contributed by atoms with Gasteiger partial charge in [0.2, 0.25) is 16.0 Å². The lowest BCUT2D eigenvalue weighted by atomic mass is 10.1. The summed E-state index contributed by atoms with van der Waals surface area (Å²) >= 11 is 0. The number of rotatable bonds is 5. The van der Waals surface area contributed by atoms with Gasteiger partial charge in [0.15, 0.2) is 5.65 Å². The zero-order chi connectivity index (χ0) is 18.3. The lowest BCUT2D eigenvalue weighted by Gasteiger charge is -2.13. The molecule has 1 fully saturated rings. The molecule has 4 rings (SSSR count). The highest BCUT2D eigenvalue weighted by atomic mass is 32.2. The van der Waals surface area contributed by atoms with Gasteiger partial charge in [-0.3, -0.25) is 4.68 Å². The fraction of sp³-hybridized carbons (Fsp3) is 0.500. The Kier molecular flexibility index (Phi) is 5.16. The number of fused-ring (bicyclic) bond motifs is 1. The lowest BCUT2D eigenvalue weighted by Crippen LogP contribution is -2.28. The molecule has 1 aliphatic heterocycles. The molecule has 1 atom stereocenters. The molecule has 0 aromatic carbocycles. The zero-order valence-corrected chi connectivity index (χ0v) is 15.4. The number of aromatic nitrogens is 6. The van der Waals surface area contributed by atoms with Gasteiger partial charge in [-0.2, -0.15) is 15.2 Å². The Morgan fingerprint density at radius 1 is 1.26 bits per heavy atom. The van der Waals surface area contributed by atoms with Crippen LogP contribution < -0.4 is 5.32 Å². The lowest BCUT2D eigenvalue weighted by molar-refractivity contribution is 0.420. The summed E-state index contributed by atoms with van der Waals surface area (Å²) in [4.78, 5) is 8.86. The average molecular weight is 392 g/mol. The highest BCUT2D eigenvalue weighted by Gasteiger charge is 2.29. The minimum Gasteiger partial charge on any atom is -0.321 e. The van der Waals surface area contributed by atoms with Crippen molar-refractivity contribution in [1.82, 2.24) is 33.8 Å². The van der Waals surface area contributed by atoms with Gasteiger partial charge in [-0.15, -0.1) is 0 Å². The molecule has 27 heavy (non-hydrogen) atoms. The van der Waals surface area contributed by atoms with Crippen LogP contribution in [0.25, 0.3) is 11.0 Å². The van der Waals surface area contributed by atoms with Crippen molar-refractivity contribution in [3.63, 3.8) is 0 Å². The van der Waals surface area contributed by atoms with Crippen LogP contribution in [0.4, 0.5) is 11.6 Å². The molecule has 1 unspecified atom stereocenters. The molecule has 3 aromatic heterocycles.